The van der Waals surface area contributed by atoms with Crippen molar-refractivity contribution in [2.45, 2.75) is 84.1 Å². The number of ether oxygens (including phenoxy) is 1. The van der Waals surface area contributed by atoms with Gasteiger partial charge in [-0.2, -0.15) is 0 Å². The molecule has 0 rings (SSSR count). The molecule has 19 heavy (non-hydrogen) atoms. The molecule has 0 saturated heterocycles. The van der Waals surface area contributed by atoms with Crippen LogP contribution in [0.2, 0.25) is 0 Å². The van der Waals surface area contributed by atoms with Crippen molar-refractivity contribution in [1.29, 1.82) is 0 Å². The summed E-state index contributed by atoms with van der Waals surface area (Å²) in [6.45, 7) is 11.6. The highest BCUT2D eigenvalue weighted by Crippen LogP contribution is 2.28. The topological polar surface area (TPSA) is 90.2 Å². The summed E-state index contributed by atoms with van der Waals surface area (Å²) in [6, 6.07) is 0. The van der Waals surface area contributed by atoms with Gasteiger partial charge in [0.25, 0.3) is 0 Å². The molecule has 116 valence electrons. The molecule has 0 radical (unpaired) electrons. The highest BCUT2D eigenvalue weighted by atomic mass is 16.5. The quantitative estimate of drug-likeness (QED) is 0.550. The lowest BCUT2D eigenvalue weighted by atomic mass is 9.81. The van der Waals surface area contributed by atoms with E-state index in [9.17, 15) is 20.4 Å². The Hall–Kier alpha value is -0.200. The summed E-state index contributed by atoms with van der Waals surface area (Å²) >= 11 is 0. The SMILES string of the molecule is CC(C)OC(C)(C)C(O)C(C)C(O)C(O)C(C)(C)O. The summed E-state index contributed by atoms with van der Waals surface area (Å²) in [5.74, 6) is -0.643. The molecular weight excluding hydrogens is 248 g/mol. The Morgan fingerprint density at radius 2 is 1.26 bits per heavy atom. The standard InChI is InChI=1S/C14H30O5/c1-8(2)19-14(6,7)11(16)9(3)10(15)12(17)13(4,5)18/h8-12,15-18H,1-7H3. The molecule has 0 heterocycles. The predicted octanol–water partition coefficient (Wildman–Crippen LogP) is 0.680. The summed E-state index contributed by atoms with van der Waals surface area (Å²) in [7, 11) is 0. The molecule has 4 unspecified atom stereocenters. The highest BCUT2D eigenvalue weighted by molar-refractivity contribution is 4.92. The third-order valence-electron chi connectivity index (χ3n) is 3.34. The number of hydrogen-bond acceptors (Lipinski definition) is 5. The van der Waals surface area contributed by atoms with Gasteiger partial charge in [0.1, 0.15) is 6.10 Å². The van der Waals surface area contributed by atoms with Crippen molar-refractivity contribution < 1.29 is 25.2 Å². The largest absolute Gasteiger partial charge is 0.390 e. The smallest absolute Gasteiger partial charge is 0.108 e. The van der Waals surface area contributed by atoms with Crippen LogP contribution < -0.4 is 0 Å². The molecule has 0 aromatic heterocycles. The molecule has 0 spiro atoms. The van der Waals surface area contributed by atoms with Crippen LogP contribution in [-0.4, -0.2) is 56.0 Å². The summed E-state index contributed by atoms with van der Waals surface area (Å²) in [5, 5.41) is 39.9. The number of aliphatic hydroxyl groups is 4. The summed E-state index contributed by atoms with van der Waals surface area (Å²) in [4.78, 5) is 0. The Morgan fingerprint density at radius 3 is 1.58 bits per heavy atom. The van der Waals surface area contributed by atoms with Crippen molar-refractivity contribution >= 4 is 0 Å². The minimum absolute atomic E-state index is 0.0619. The van der Waals surface area contributed by atoms with Gasteiger partial charge < -0.3 is 25.2 Å². The van der Waals surface area contributed by atoms with Gasteiger partial charge in [0.05, 0.1) is 29.5 Å². The predicted molar refractivity (Wildman–Crippen MR) is 73.8 cm³/mol. The number of aliphatic hydroxyl groups excluding tert-OH is 3. The lowest BCUT2D eigenvalue weighted by Crippen LogP contribution is -2.54. The molecule has 0 saturated carbocycles. The van der Waals surface area contributed by atoms with E-state index in [-0.39, 0.29) is 6.10 Å². The molecule has 5 nitrogen and oxygen atoms in total. The summed E-state index contributed by atoms with van der Waals surface area (Å²) in [6.07, 6.45) is -3.62. The van der Waals surface area contributed by atoms with E-state index < -0.39 is 35.4 Å². The van der Waals surface area contributed by atoms with Gasteiger partial charge in [-0.15, -0.1) is 0 Å². The van der Waals surface area contributed by atoms with Crippen molar-refractivity contribution in [2.24, 2.45) is 5.92 Å². The maximum Gasteiger partial charge on any atom is 0.108 e. The Balaban J connectivity index is 4.85. The first-order valence-corrected chi connectivity index (χ1v) is 6.75. The van der Waals surface area contributed by atoms with Crippen LogP contribution in [0.1, 0.15) is 48.5 Å². The fraction of sp³-hybridized carbons (Fsp3) is 1.00. The Kier molecular flexibility index (Phi) is 6.43. The van der Waals surface area contributed by atoms with Crippen molar-refractivity contribution in [2.75, 3.05) is 0 Å². The van der Waals surface area contributed by atoms with Gasteiger partial charge >= 0.3 is 0 Å². The second-order valence-corrected chi connectivity index (χ2v) is 6.66. The molecule has 0 amide bonds. The molecular formula is C14H30O5. The zero-order valence-electron chi connectivity index (χ0n) is 13.1. The molecule has 0 bridgehead atoms. The van der Waals surface area contributed by atoms with Crippen LogP contribution >= 0.6 is 0 Å². The van der Waals surface area contributed by atoms with Crippen LogP contribution in [0.15, 0.2) is 0 Å². The lowest BCUT2D eigenvalue weighted by molar-refractivity contribution is -0.179. The summed E-state index contributed by atoms with van der Waals surface area (Å²) in [5.41, 5.74) is -2.29. The molecule has 4 N–H and O–H groups in total. The minimum atomic E-state index is -1.43. The van der Waals surface area contributed by atoms with Gasteiger partial charge in [-0.25, -0.2) is 0 Å². The van der Waals surface area contributed by atoms with Crippen LogP contribution in [0.5, 0.6) is 0 Å². The molecule has 0 aromatic rings. The van der Waals surface area contributed by atoms with E-state index in [0.29, 0.717) is 0 Å². The molecule has 4 atom stereocenters. The third-order valence-corrected chi connectivity index (χ3v) is 3.34. The van der Waals surface area contributed by atoms with Crippen LogP contribution in [-0.2, 0) is 4.74 Å². The third kappa shape index (κ3) is 5.36. The molecule has 0 aromatic carbocycles. The number of hydrogen-bond donors (Lipinski definition) is 4. The highest BCUT2D eigenvalue weighted by Gasteiger charge is 2.42. The average Bonchev–Trinajstić information content (AvgIpc) is 2.21. The van der Waals surface area contributed by atoms with E-state index in [1.54, 1.807) is 20.8 Å². The van der Waals surface area contributed by atoms with Crippen molar-refractivity contribution in [3.05, 3.63) is 0 Å². The van der Waals surface area contributed by atoms with Crippen molar-refractivity contribution in [1.82, 2.24) is 0 Å². The van der Waals surface area contributed by atoms with E-state index in [1.165, 1.54) is 13.8 Å². The fourth-order valence-electron chi connectivity index (χ4n) is 2.20. The Labute approximate surface area is 116 Å². The molecule has 5 heteroatoms. The average molecular weight is 278 g/mol. The normalized spacial score (nSPS) is 20.2. The monoisotopic (exact) mass is 278 g/mol. The van der Waals surface area contributed by atoms with Gasteiger partial charge in [0.15, 0.2) is 0 Å². The van der Waals surface area contributed by atoms with E-state index in [0.717, 1.165) is 0 Å². The van der Waals surface area contributed by atoms with Gasteiger partial charge in [-0.1, -0.05) is 6.92 Å². The molecule has 0 aliphatic rings. The second kappa shape index (κ2) is 6.50. The Bertz CT molecular complexity index is 270. The van der Waals surface area contributed by atoms with E-state index >= 15 is 0 Å². The van der Waals surface area contributed by atoms with Crippen molar-refractivity contribution in [3.8, 4) is 0 Å². The fourth-order valence-corrected chi connectivity index (χ4v) is 2.20. The van der Waals surface area contributed by atoms with E-state index in [1.807, 2.05) is 13.8 Å². The first-order valence-electron chi connectivity index (χ1n) is 6.75. The van der Waals surface area contributed by atoms with Crippen LogP contribution in [0.25, 0.3) is 0 Å². The maximum atomic E-state index is 10.3. The molecule has 0 fully saturated rings. The van der Waals surface area contributed by atoms with Gasteiger partial charge in [0, 0.05) is 5.92 Å². The molecule has 0 aliphatic heterocycles. The molecule has 0 aliphatic carbocycles. The zero-order chi connectivity index (χ0) is 15.6. The van der Waals surface area contributed by atoms with Crippen LogP contribution in [0, 0.1) is 5.92 Å². The van der Waals surface area contributed by atoms with Crippen LogP contribution in [0.3, 0.4) is 0 Å². The van der Waals surface area contributed by atoms with Gasteiger partial charge in [0.2, 0.25) is 0 Å². The van der Waals surface area contributed by atoms with Crippen molar-refractivity contribution in [3.63, 3.8) is 0 Å². The second-order valence-electron chi connectivity index (χ2n) is 6.66. The zero-order valence-corrected chi connectivity index (χ0v) is 13.1. The van der Waals surface area contributed by atoms with Gasteiger partial charge in [-0.05, 0) is 41.5 Å². The first-order chi connectivity index (χ1) is 8.30. The van der Waals surface area contributed by atoms with Gasteiger partial charge in [-0.3, -0.25) is 0 Å². The summed E-state index contributed by atoms with van der Waals surface area (Å²) < 4.78 is 5.63. The van der Waals surface area contributed by atoms with E-state index in [4.69, 9.17) is 4.74 Å². The Morgan fingerprint density at radius 1 is 0.842 bits per heavy atom. The first kappa shape index (κ1) is 18.8. The van der Waals surface area contributed by atoms with Crippen LogP contribution in [0.4, 0.5) is 0 Å². The van der Waals surface area contributed by atoms with E-state index in [2.05, 4.69) is 0 Å². The lowest BCUT2D eigenvalue weighted by Gasteiger charge is -2.40. The maximum absolute atomic E-state index is 10.3. The minimum Gasteiger partial charge on any atom is -0.390 e. The number of rotatable bonds is 7.